The van der Waals surface area contributed by atoms with Crippen molar-refractivity contribution in [1.82, 2.24) is 4.31 Å². The van der Waals surface area contributed by atoms with Gasteiger partial charge in [-0.15, -0.1) is 0 Å². The summed E-state index contributed by atoms with van der Waals surface area (Å²) < 4.78 is 48.9. The molecule has 0 bridgehead atoms. The lowest BCUT2D eigenvalue weighted by atomic mass is 10.3. The number of nitrogens with zero attached hydrogens (tertiary/aromatic N) is 1. The maximum atomic E-state index is 12.3. The van der Waals surface area contributed by atoms with Gasteiger partial charge in [0.1, 0.15) is 5.37 Å². The van der Waals surface area contributed by atoms with E-state index in [-0.39, 0.29) is 11.4 Å². The highest BCUT2D eigenvalue weighted by atomic mass is 32.2. The van der Waals surface area contributed by atoms with Crippen LogP contribution in [0.25, 0.3) is 0 Å². The Labute approximate surface area is 114 Å². The molecule has 2 atom stereocenters. The van der Waals surface area contributed by atoms with Gasteiger partial charge in [0.2, 0.25) is 10.0 Å². The largest absolute Gasteiger partial charge is 0.222 e. The Hall–Kier alpha value is -0.920. The monoisotopic (exact) mass is 303 g/mol. The van der Waals surface area contributed by atoms with E-state index in [1.165, 1.54) is 12.1 Å². The number of sulfone groups is 1. The van der Waals surface area contributed by atoms with Crippen molar-refractivity contribution in [2.45, 2.75) is 35.8 Å². The van der Waals surface area contributed by atoms with Crippen LogP contribution in [0.5, 0.6) is 0 Å². The SMILES string of the molecule is CC(C)(C)S(=O)(=O)N1C[C@@H]1S(=O)(=O)c1ccccc1. The number of rotatable bonds is 3. The zero-order chi connectivity index (χ0) is 14.5. The van der Waals surface area contributed by atoms with Gasteiger partial charge in [-0.25, -0.2) is 16.8 Å². The van der Waals surface area contributed by atoms with E-state index in [0.29, 0.717) is 0 Å². The molecule has 1 aromatic carbocycles. The lowest BCUT2D eigenvalue weighted by Gasteiger charge is -2.20. The molecular formula is C12H17NO4S2. The van der Waals surface area contributed by atoms with Gasteiger partial charge >= 0.3 is 0 Å². The van der Waals surface area contributed by atoms with E-state index in [0.717, 1.165) is 4.31 Å². The molecule has 1 unspecified atom stereocenters. The molecule has 0 radical (unpaired) electrons. The third-order valence-corrected chi connectivity index (χ3v) is 7.79. The summed E-state index contributed by atoms with van der Waals surface area (Å²) >= 11 is 0. The average Bonchev–Trinajstić information content (AvgIpc) is 3.09. The Kier molecular flexibility index (Phi) is 3.27. The molecule has 1 saturated heterocycles. The van der Waals surface area contributed by atoms with Crippen molar-refractivity contribution in [1.29, 1.82) is 0 Å². The number of hydrogen-bond acceptors (Lipinski definition) is 4. The van der Waals surface area contributed by atoms with Gasteiger partial charge in [-0.3, -0.25) is 0 Å². The van der Waals surface area contributed by atoms with E-state index in [2.05, 4.69) is 0 Å². The molecule has 0 saturated carbocycles. The maximum absolute atomic E-state index is 12.3. The third-order valence-electron chi connectivity index (χ3n) is 3.04. The van der Waals surface area contributed by atoms with Crippen LogP contribution in [-0.2, 0) is 19.9 Å². The first-order chi connectivity index (χ1) is 8.58. The summed E-state index contributed by atoms with van der Waals surface area (Å²) in [6.07, 6.45) is 0. The smallest absolute Gasteiger partial charge is 0.220 e. The second kappa shape index (κ2) is 4.29. The summed E-state index contributed by atoms with van der Waals surface area (Å²) in [6.45, 7) is 4.73. The van der Waals surface area contributed by atoms with Crippen LogP contribution in [0.4, 0.5) is 0 Å². The zero-order valence-corrected chi connectivity index (χ0v) is 12.7. The normalized spacial score (nSPS) is 24.2. The quantitative estimate of drug-likeness (QED) is 0.787. The second-order valence-corrected chi connectivity index (χ2v) is 10.2. The van der Waals surface area contributed by atoms with E-state index in [9.17, 15) is 16.8 Å². The molecule has 106 valence electrons. The molecular weight excluding hydrogens is 286 g/mol. The highest BCUT2D eigenvalue weighted by Crippen LogP contribution is 2.36. The molecule has 5 nitrogen and oxygen atoms in total. The molecule has 19 heavy (non-hydrogen) atoms. The van der Waals surface area contributed by atoms with Crippen molar-refractivity contribution in [3.63, 3.8) is 0 Å². The van der Waals surface area contributed by atoms with Crippen molar-refractivity contribution < 1.29 is 16.8 Å². The van der Waals surface area contributed by atoms with Crippen molar-refractivity contribution in [3.8, 4) is 0 Å². The predicted molar refractivity (Wildman–Crippen MR) is 72.8 cm³/mol. The fourth-order valence-corrected chi connectivity index (χ4v) is 5.37. The van der Waals surface area contributed by atoms with Crippen LogP contribution in [0, 0.1) is 0 Å². The standard InChI is InChI=1S/C12H17NO4S2/c1-12(2,3)19(16,17)13-9-11(13)18(14,15)10-7-5-4-6-8-10/h4-8,11H,9H2,1-3H3/t11-,13?/m0/s1. The van der Waals surface area contributed by atoms with Crippen LogP contribution < -0.4 is 0 Å². The van der Waals surface area contributed by atoms with Crippen molar-refractivity contribution in [3.05, 3.63) is 30.3 Å². The number of sulfonamides is 1. The van der Waals surface area contributed by atoms with Gasteiger partial charge in [-0.2, -0.15) is 4.31 Å². The molecule has 1 aliphatic rings. The Morgan fingerprint density at radius 2 is 1.58 bits per heavy atom. The van der Waals surface area contributed by atoms with Crippen LogP contribution in [0.3, 0.4) is 0 Å². The van der Waals surface area contributed by atoms with Crippen LogP contribution in [0.15, 0.2) is 35.2 Å². The summed E-state index contributed by atoms with van der Waals surface area (Å²) in [6, 6.07) is 7.93. The van der Waals surface area contributed by atoms with Crippen LogP contribution in [-0.4, -0.2) is 37.8 Å². The van der Waals surface area contributed by atoms with Crippen LogP contribution in [0.1, 0.15) is 20.8 Å². The third kappa shape index (κ3) is 2.42. The molecule has 1 aliphatic heterocycles. The highest BCUT2D eigenvalue weighted by molar-refractivity contribution is 7.95. The fourth-order valence-electron chi connectivity index (χ4n) is 1.73. The fraction of sp³-hybridized carbons (Fsp3) is 0.500. The lowest BCUT2D eigenvalue weighted by molar-refractivity contribution is 0.519. The van der Waals surface area contributed by atoms with E-state index < -0.39 is 30.0 Å². The summed E-state index contributed by atoms with van der Waals surface area (Å²) in [4.78, 5) is 0.159. The maximum Gasteiger partial charge on any atom is 0.220 e. The second-order valence-electron chi connectivity index (χ2n) is 5.50. The van der Waals surface area contributed by atoms with Crippen LogP contribution >= 0.6 is 0 Å². The van der Waals surface area contributed by atoms with E-state index in [4.69, 9.17) is 0 Å². The van der Waals surface area contributed by atoms with Gasteiger partial charge in [-0.1, -0.05) is 18.2 Å². The number of hydrogen-bond donors (Lipinski definition) is 0. The first-order valence-electron chi connectivity index (χ1n) is 5.89. The molecule has 1 heterocycles. The van der Waals surface area contributed by atoms with E-state index >= 15 is 0 Å². The molecule has 7 heteroatoms. The topological polar surface area (TPSA) is 71.3 Å². The summed E-state index contributed by atoms with van der Waals surface area (Å²) in [7, 11) is -7.20. The lowest BCUT2D eigenvalue weighted by Crippen LogP contribution is -2.35. The van der Waals surface area contributed by atoms with Crippen molar-refractivity contribution >= 4 is 19.9 Å². The van der Waals surface area contributed by atoms with Gasteiger partial charge in [0.05, 0.1) is 9.64 Å². The Morgan fingerprint density at radius 1 is 1.05 bits per heavy atom. The molecule has 0 amide bonds. The van der Waals surface area contributed by atoms with E-state index in [1.807, 2.05) is 0 Å². The zero-order valence-electron chi connectivity index (χ0n) is 11.1. The first kappa shape index (κ1) is 14.5. The van der Waals surface area contributed by atoms with Crippen molar-refractivity contribution in [2.24, 2.45) is 0 Å². The minimum absolute atomic E-state index is 0.0385. The van der Waals surface area contributed by atoms with Gasteiger partial charge in [0.25, 0.3) is 0 Å². The van der Waals surface area contributed by atoms with Gasteiger partial charge in [0.15, 0.2) is 9.84 Å². The van der Waals surface area contributed by atoms with Gasteiger partial charge in [0, 0.05) is 6.54 Å². The molecule has 0 spiro atoms. The van der Waals surface area contributed by atoms with Gasteiger partial charge in [-0.05, 0) is 32.9 Å². The van der Waals surface area contributed by atoms with Crippen LogP contribution in [0.2, 0.25) is 0 Å². The highest BCUT2D eigenvalue weighted by Gasteiger charge is 2.55. The molecule has 1 aromatic rings. The minimum Gasteiger partial charge on any atom is -0.222 e. The first-order valence-corrected chi connectivity index (χ1v) is 8.87. The van der Waals surface area contributed by atoms with Crippen molar-refractivity contribution in [2.75, 3.05) is 6.54 Å². The summed E-state index contributed by atoms with van der Waals surface area (Å²) in [5.74, 6) is 0. The molecule has 1 fully saturated rings. The molecule has 0 aliphatic carbocycles. The summed E-state index contributed by atoms with van der Waals surface area (Å²) in [5, 5.41) is -0.959. The minimum atomic E-state index is -3.61. The summed E-state index contributed by atoms with van der Waals surface area (Å²) in [5.41, 5.74) is 0. The van der Waals surface area contributed by atoms with Gasteiger partial charge < -0.3 is 0 Å². The van der Waals surface area contributed by atoms with E-state index in [1.54, 1.807) is 39.0 Å². The molecule has 2 rings (SSSR count). The Balaban J connectivity index is 2.30. The Morgan fingerprint density at radius 3 is 2.05 bits per heavy atom. The predicted octanol–water partition coefficient (Wildman–Crippen LogP) is 1.23. The number of benzene rings is 1. The molecule has 0 N–H and O–H groups in total. The Bertz CT molecular complexity index is 672. The molecule has 0 aromatic heterocycles. The average molecular weight is 303 g/mol.